The zero-order valence-electron chi connectivity index (χ0n) is 20.8. The first-order chi connectivity index (χ1) is 14.6. The van der Waals surface area contributed by atoms with Crippen LogP contribution >= 0.6 is 0 Å². The third kappa shape index (κ3) is 9.26. The molecule has 0 radical (unpaired) electrons. The van der Waals surface area contributed by atoms with Crippen LogP contribution in [-0.2, 0) is 13.9 Å². The second-order valence-corrected chi connectivity index (χ2v) is 15.0. The summed E-state index contributed by atoms with van der Waals surface area (Å²) in [7, 11) is -0.815. The van der Waals surface area contributed by atoms with Crippen LogP contribution in [0.5, 0.6) is 5.75 Å². The minimum Gasteiger partial charge on any atom is -0.467 e. The lowest BCUT2D eigenvalue weighted by Crippen LogP contribution is -2.48. The molecule has 0 aliphatic heterocycles. The molecule has 7 nitrogen and oxygen atoms in total. The van der Waals surface area contributed by atoms with Crippen LogP contribution in [0.3, 0.4) is 0 Å². The van der Waals surface area contributed by atoms with Crippen molar-refractivity contribution in [2.24, 2.45) is 0 Å². The number of rotatable bonds is 10. The molecule has 32 heavy (non-hydrogen) atoms. The van der Waals surface area contributed by atoms with Crippen LogP contribution in [0.2, 0.25) is 18.1 Å². The van der Waals surface area contributed by atoms with Gasteiger partial charge in [-0.05, 0) is 57.1 Å². The summed E-state index contributed by atoms with van der Waals surface area (Å²) < 4.78 is 35.9. The van der Waals surface area contributed by atoms with Crippen LogP contribution in [0.1, 0.15) is 58.3 Å². The lowest BCUT2D eigenvalue weighted by molar-refractivity contribution is 0.0476. The van der Waals surface area contributed by atoms with E-state index in [1.54, 1.807) is 20.8 Å². The van der Waals surface area contributed by atoms with Crippen molar-refractivity contribution in [2.75, 3.05) is 20.4 Å². The summed E-state index contributed by atoms with van der Waals surface area (Å²) in [6.45, 7) is 15.7. The molecule has 1 amide bonds. The molecule has 0 unspecified atom stereocenters. The number of ether oxygens (including phenoxy) is 3. The zero-order valence-corrected chi connectivity index (χ0v) is 21.8. The zero-order chi connectivity index (χ0) is 24.7. The van der Waals surface area contributed by atoms with Gasteiger partial charge in [0.15, 0.2) is 20.9 Å². The van der Waals surface area contributed by atoms with E-state index in [0.717, 1.165) is 6.07 Å². The lowest BCUT2D eigenvalue weighted by atomic mass is 10.0. The maximum absolute atomic E-state index is 13.9. The Hall–Kier alpha value is -1.97. The van der Waals surface area contributed by atoms with E-state index in [1.165, 1.54) is 19.2 Å². The van der Waals surface area contributed by atoms with Gasteiger partial charge in [0.25, 0.3) is 0 Å². The molecule has 1 N–H and O–H groups in total. The standard InChI is InChI=1S/C23H38FNO6Si/c1-22(2,3)30-21(27)25-14-17(31-32(8,9)23(4,5)6)13-19(26)18-12-16(24)10-11-20(18)29-15-28-7/h10-12,17H,13-15H2,1-9H3,(H,25,27)/t17-/m1/s1. The lowest BCUT2D eigenvalue weighted by Gasteiger charge is -2.39. The minimum absolute atomic E-state index is 0.0604. The first-order valence-electron chi connectivity index (χ1n) is 10.6. The highest BCUT2D eigenvalue weighted by Crippen LogP contribution is 2.38. The van der Waals surface area contributed by atoms with Gasteiger partial charge in [-0.15, -0.1) is 0 Å². The molecule has 0 aliphatic rings. The van der Waals surface area contributed by atoms with E-state index in [2.05, 4.69) is 39.2 Å². The van der Waals surface area contributed by atoms with Crippen LogP contribution in [0.4, 0.5) is 9.18 Å². The Morgan fingerprint density at radius 3 is 2.28 bits per heavy atom. The van der Waals surface area contributed by atoms with Crippen molar-refractivity contribution in [3.05, 3.63) is 29.6 Å². The van der Waals surface area contributed by atoms with Crippen LogP contribution < -0.4 is 10.1 Å². The summed E-state index contributed by atoms with van der Waals surface area (Å²) in [5.41, 5.74) is -0.548. The number of Topliss-reactive ketones (excluding diaryl/α,β-unsaturated/α-hetero) is 1. The molecule has 9 heteroatoms. The predicted octanol–water partition coefficient (Wildman–Crippen LogP) is 5.30. The quantitative estimate of drug-likeness (QED) is 0.283. The van der Waals surface area contributed by atoms with Crippen molar-refractivity contribution in [1.29, 1.82) is 0 Å². The molecule has 0 saturated heterocycles. The topological polar surface area (TPSA) is 83.1 Å². The molecule has 0 fully saturated rings. The molecule has 1 aromatic rings. The minimum atomic E-state index is -2.27. The maximum Gasteiger partial charge on any atom is 0.407 e. The molecule has 1 aromatic carbocycles. The van der Waals surface area contributed by atoms with Crippen LogP contribution in [0.15, 0.2) is 18.2 Å². The fourth-order valence-corrected chi connectivity index (χ4v) is 3.90. The van der Waals surface area contributed by atoms with Crippen molar-refractivity contribution in [1.82, 2.24) is 5.32 Å². The van der Waals surface area contributed by atoms with Gasteiger partial charge in [-0.2, -0.15) is 0 Å². The number of benzene rings is 1. The highest BCUT2D eigenvalue weighted by atomic mass is 28.4. The number of alkyl carbamates (subject to hydrolysis) is 1. The number of nitrogens with one attached hydrogen (secondary N) is 1. The van der Waals surface area contributed by atoms with Gasteiger partial charge in [0.05, 0.1) is 11.7 Å². The number of methoxy groups -OCH3 is 1. The van der Waals surface area contributed by atoms with Crippen LogP contribution in [0, 0.1) is 5.82 Å². The number of hydrogen-bond acceptors (Lipinski definition) is 6. The van der Waals surface area contributed by atoms with Crippen molar-refractivity contribution >= 4 is 20.2 Å². The second kappa shape index (κ2) is 11.2. The van der Waals surface area contributed by atoms with Crippen molar-refractivity contribution in [3.63, 3.8) is 0 Å². The molecule has 0 aromatic heterocycles. The smallest absolute Gasteiger partial charge is 0.407 e. The Balaban J connectivity index is 3.08. The van der Waals surface area contributed by atoms with Gasteiger partial charge in [0, 0.05) is 20.1 Å². The van der Waals surface area contributed by atoms with Gasteiger partial charge in [0.1, 0.15) is 17.2 Å². The van der Waals surface area contributed by atoms with Crippen molar-refractivity contribution in [3.8, 4) is 5.75 Å². The number of amides is 1. The first-order valence-corrected chi connectivity index (χ1v) is 13.6. The van der Waals surface area contributed by atoms with E-state index in [9.17, 15) is 14.0 Å². The van der Waals surface area contributed by atoms with Crippen molar-refractivity contribution in [2.45, 2.75) is 77.8 Å². The molecular formula is C23H38FNO6Si. The monoisotopic (exact) mass is 471 g/mol. The Labute approximate surface area is 192 Å². The van der Waals surface area contributed by atoms with Gasteiger partial charge < -0.3 is 24.0 Å². The first kappa shape index (κ1) is 28.1. The number of hydrogen-bond donors (Lipinski definition) is 1. The third-order valence-electron chi connectivity index (χ3n) is 5.13. The van der Waals surface area contributed by atoms with Gasteiger partial charge in [0.2, 0.25) is 0 Å². The number of ketones is 1. The average molecular weight is 472 g/mol. The largest absolute Gasteiger partial charge is 0.467 e. The second-order valence-electron chi connectivity index (χ2n) is 10.2. The van der Waals surface area contributed by atoms with Gasteiger partial charge in [-0.1, -0.05) is 20.8 Å². The number of carbonyl (C=O) groups is 2. The van der Waals surface area contributed by atoms with E-state index in [0.29, 0.717) is 0 Å². The van der Waals surface area contributed by atoms with E-state index >= 15 is 0 Å². The van der Waals surface area contributed by atoms with Gasteiger partial charge in [-0.3, -0.25) is 4.79 Å². The van der Waals surface area contributed by atoms with Crippen LogP contribution in [0.25, 0.3) is 0 Å². The fraction of sp³-hybridized carbons (Fsp3) is 0.652. The molecule has 0 heterocycles. The molecule has 0 bridgehead atoms. The average Bonchev–Trinajstić information content (AvgIpc) is 2.62. The summed E-state index contributed by atoms with van der Waals surface area (Å²) in [5, 5.41) is 2.58. The predicted molar refractivity (Wildman–Crippen MR) is 124 cm³/mol. The Morgan fingerprint density at radius 1 is 1.12 bits per heavy atom. The van der Waals surface area contributed by atoms with E-state index in [-0.39, 0.29) is 41.9 Å². The van der Waals surface area contributed by atoms with E-state index < -0.39 is 31.9 Å². The van der Waals surface area contributed by atoms with E-state index in [1.807, 2.05) is 0 Å². The molecule has 0 saturated carbocycles. The Morgan fingerprint density at radius 2 is 1.75 bits per heavy atom. The molecule has 182 valence electrons. The van der Waals surface area contributed by atoms with Crippen LogP contribution in [-0.4, -0.2) is 52.3 Å². The Bertz CT molecular complexity index is 786. The Kier molecular flexibility index (Phi) is 9.86. The van der Waals surface area contributed by atoms with Crippen molar-refractivity contribution < 1.29 is 32.6 Å². The molecule has 1 rings (SSSR count). The van der Waals surface area contributed by atoms with E-state index in [4.69, 9.17) is 18.6 Å². The molecule has 0 spiro atoms. The van der Waals surface area contributed by atoms with Gasteiger partial charge >= 0.3 is 6.09 Å². The summed E-state index contributed by atoms with van der Waals surface area (Å²) in [5.74, 6) is -0.679. The summed E-state index contributed by atoms with van der Waals surface area (Å²) in [6, 6.07) is 3.75. The normalized spacial score (nSPS) is 13.4. The maximum atomic E-state index is 13.9. The number of halogens is 1. The summed E-state index contributed by atoms with van der Waals surface area (Å²) >= 11 is 0. The molecule has 0 aliphatic carbocycles. The third-order valence-corrected chi connectivity index (χ3v) is 9.66. The number of carbonyl (C=O) groups excluding carboxylic acids is 2. The summed E-state index contributed by atoms with van der Waals surface area (Å²) in [4.78, 5) is 25.3. The molecule has 1 atom stereocenters. The fourth-order valence-electron chi connectivity index (χ4n) is 2.55. The highest BCUT2D eigenvalue weighted by molar-refractivity contribution is 6.74. The summed E-state index contributed by atoms with van der Waals surface area (Å²) in [6.07, 6.45) is -1.27. The molecular weight excluding hydrogens is 433 g/mol. The SMILES string of the molecule is COCOc1ccc(F)cc1C(=O)C[C@H](CNC(=O)OC(C)(C)C)O[Si](C)(C)C(C)(C)C. The highest BCUT2D eigenvalue weighted by Gasteiger charge is 2.39. The van der Waals surface area contributed by atoms with Gasteiger partial charge in [-0.25, -0.2) is 9.18 Å².